The van der Waals surface area contributed by atoms with E-state index in [-0.39, 0.29) is 5.91 Å². The van der Waals surface area contributed by atoms with E-state index in [1.165, 1.54) is 11.1 Å². The summed E-state index contributed by atoms with van der Waals surface area (Å²) in [6.45, 7) is 2.44. The summed E-state index contributed by atoms with van der Waals surface area (Å²) in [4.78, 5) is 14.3. The SMILES string of the molecule is CN(Cc1cnn(C)c1)C(=O)c1ccc2c(c1)CNCC2. The molecule has 1 aliphatic rings. The molecular formula is C16H20N4O. The van der Waals surface area contributed by atoms with Crippen LogP contribution in [0.3, 0.4) is 0 Å². The molecule has 0 radical (unpaired) electrons. The summed E-state index contributed by atoms with van der Waals surface area (Å²) >= 11 is 0. The van der Waals surface area contributed by atoms with Crippen LogP contribution in [0.1, 0.15) is 27.0 Å². The van der Waals surface area contributed by atoms with Gasteiger partial charge < -0.3 is 10.2 Å². The van der Waals surface area contributed by atoms with Gasteiger partial charge in [0.2, 0.25) is 0 Å². The van der Waals surface area contributed by atoms with Crippen LogP contribution >= 0.6 is 0 Å². The highest BCUT2D eigenvalue weighted by molar-refractivity contribution is 5.94. The number of nitrogens with zero attached hydrogens (tertiary/aromatic N) is 3. The van der Waals surface area contributed by atoms with E-state index < -0.39 is 0 Å². The first-order valence-electron chi connectivity index (χ1n) is 7.19. The second-order valence-electron chi connectivity index (χ2n) is 5.59. The predicted molar refractivity (Wildman–Crippen MR) is 80.9 cm³/mol. The molecule has 1 aromatic carbocycles. The highest BCUT2D eigenvalue weighted by Crippen LogP contribution is 2.17. The Morgan fingerprint density at radius 1 is 1.43 bits per heavy atom. The van der Waals surface area contributed by atoms with Crippen molar-refractivity contribution in [3.63, 3.8) is 0 Å². The van der Waals surface area contributed by atoms with E-state index >= 15 is 0 Å². The van der Waals surface area contributed by atoms with Gasteiger partial charge in [-0.25, -0.2) is 0 Å². The second kappa shape index (κ2) is 5.69. The Morgan fingerprint density at radius 2 is 2.29 bits per heavy atom. The maximum absolute atomic E-state index is 12.5. The van der Waals surface area contributed by atoms with E-state index in [2.05, 4.69) is 16.5 Å². The van der Waals surface area contributed by atoms with E-state index in [4.69, 9.17) is 0 Å². The third-order valence-corrected chi connectivity index (χ3v) is 3.86. The lowest BCUT2D eigenvalue weighted by atomic mass is 9.98. The van der Waals surface area contributed by atoms with Crippen LogP contribution in [-0.4, -0.2) is 34.2 Å². The van der Waals surface area contributed by atoms with Crippen molar-refractivity contribution in [2.75, 3.05) is 13.6 Å². The third-order valence-electron chi connectivity index (χ3n) is 3.86. The molecule has 0 spiro atoms. The number of carbonyl (C=O) groups excluding carboxylic acids is 1. The van der Waals surface area contributed by atoms with Crippen molar-refractivity contribution in [2.45, 2.75) is 19.5 Å². The van der Waals surface area contributed by atoms with Gasteiger partial charge >= 0.3 is 0 Å². The fourth-order valence-electron chi connectivity index (χ4n) is 2.73. The molecule has 0 fully saturated rings. The molecule has 0 saturated carbocycles. The predicted octanol–water partition coefficient (Wildman–Crippen LogP) is 1.34. The van der Waals surface area contributed by atoms with Gasteiger partial charge in [-0.15, -0.1) is 0 Å². The lowest BCUT2D eigenvalue weighted by Gasteiger charge is -2.20. The highest BCUT2D eigenvalue weighted by atomic mass is 16.2. The molecule has 0 bridgehead atoms. The van der Waals surface area contributed by atoms with Gasteiger partial charge in [0.15, 0.2) is 0 Å². The van der Waals surface area contributed by atoms with Crippen LogP contribution in [0, 0.1) is 0 Å². The Labute approximate surface area is 124 Å². The highest BCUT2D eigenvalue weighted by Gasteiger charge is 2.16. The fourth-order valence-corrected chi connectivity index (χ4v) is 2.73. The first-order valence-corrected chi connectivity index (χ1v) is 7.19. The van der Waals surface area contributed by atoms with E-state index in [1.807, 2.05) is 32.4 Å². The molecule has 2 aromatic rings. The number of aromatic nitrogens is 2. The standard InChI is InChI=1S/C16H20N4O/c1-19(10-12-8-18-20(2)11-12)16(21)14-4-3-13-5-6-17-9-15(13)7-14/h3-4,7-8,11,17H,5-6,9-10H2,1-2H3. The lowest BCUT2D eigenvalue weighted by molar-refractivity contribution is 0.0785. The number of carbonyl (C=O) groups is 1. The molecular weight excluding hydrogens is 264 g/mol. The zero-order chi connectivity index (χ0) is 14.8. The van der Waals surface area contributed by atoms with Crippen LogP contribution < -0.4 is 5.32 Å². The zero-order valence-corrected chi connectivity index (χ0v) is 12.5. The number of hydrogen-bond acceptors (Lipinski definition) is 3. The zero-order valence-electron chi connectivity index (χ0n) is 12.5. The van der Waals surface area contributed by atoms with Crippen LogP contribution in [-0.2, 0) is 26.6 Å². The van der Waals surface area contributed by atoms with Crippen LogP contribution in [0.25, 0.3) is 0 Å². The number of amides is 1. The molecule has 0 aliphatic carbocycles. The van der Waals surface area contributed by atoms with Gasteiger partial charge in [-0.3, -0.25) is 9.48 Å². The number of rotatable bonds is 3. The average molecular weight is 284 g/mol. The normalized spacial score (nSPS) is 13.8. The Hall–Kier alpha value is -2.14. The van der Waals surface area contributed by atoms with Crippen molar-refractivity contribution in [2.24, 2.45) is 7.05 Å². The first kappa shape index (κ1) is 13.8. The minimum atomic E-state index is 0.0484. The minimum Gasteiger partial charge on any atom is -0.337 e. The monoisotopic (exact) mass is 284 g/mol. The summed E-state index contributed by atoms with van der Waals surface area (Å²) in [5.74, 6) is 0.0484. The van der Waals surface area contributed by atoms with Gasteiger partial charge in [0.25, 0.3) is 5.91 Å². The van der Waals surface area contributed by atoms with Gasteiger partial charge in [0, 0.05) is 44.5 Å². The number of fused-ring (bicyclic) bond motifs is 1. The number of benzene rings is 1. The van der Waals surface area contributed by atoms with Crippen LogP contribution in [0.2, 0.25) is 0 Å². The van der Waals surface area contributed by atoms with E-state index in [0.717, 1.165) is 30.6 Å². The first-order chi connectivity index (χ1) is 10.1. The molecule has 5 heteroatoms. The van der Waals surface area contributed by atoms with Crippen molar-refractivity contribution in [3.8, 4) is 0 Å². The van der Waals surface area contributed by atoms with Gasteiger partial charge in [-0.05, 0) is 36.2 Å². The lowest BCUT2D eigenvalue weighted by Crippen LogP contribution is -2.27. The number of hydrogen-bond donors (Lipinski definition) is 1. The molecule has 1 aliphatic heterocycles. The summed E-state index contributed by atoms with van der Waals surface area (Å²) in [6, 6.07) is 6.04. The van der Waals surface area contributed by atoms with Crippen molar-refractivity contribution in [1.29, 1.82) is 0 Å². The van der Waals surface area contributed by atoms with Crippen LogP contribution in [0.4, 0.5) is 0 Å². The largest absolute Gasteiger partial charge is 0.337 e. The maximum atomic E-state index is 12.5. The summed E-state index contributed by atoms with van der Waals surface area (Å²) in [7, 11) is 3.70. The number of nitrogens with one attached hydrogen (secondary N) is 1. The van der Waals surface area contributed by atoms with Crippen LogP contribution in [0.15, 0.2) is 30.6 Å². The van der Waals surface area contributed by atoms with E-state index in [9.17, 15) is 4.79 Å². The average Bonchev–Trinajstić information content (AvgIpc) is 2.91. The van der Waals surface area contributed by atoms with Crippen molar-refractivity contribution in [1.82, 2.24) is 20.0 Å². The Morgan fingerprint density at radius 3 is 3.05 bits per heavy atom. The molecule has 5 nitrogen and oxygen atoms in total. The number of aryl methyl sites for hydroxylation is 1. The van der Waals surface area contributed by atoms with Crippen molar-refractivity contribution >= 4 is 5.91 Å². The van der Waals surface area contributed by atoms with E-state index in [0.29, 0.717) is 6.54 Å². The smallest absolute Gasteiger partial charge is 0.253 e. The molecule has 21 heavy (non-hydrogen) atoms. The van der Waals surface area contributed by atoms with Gasteiger partial charge in [0.1, 0.15) is 0 Å². The summed E-state index contributed by atoms with van der Waals surface area (Å²) in [5.41, 5.74) is 4.37. The molecule has 1 aromatic heterocycles. The molecule has 3 rings (SSSR count). The van der Waals surface area contributed by atoms with Gasteiger partial charge in [0.05, 0.1) is 6.20 Å². The summed E-state index contributed by atoms with van der Waals surface area (Å²) < 4.78 is 1.75. The molecule has 0 atom stereocenters. The van der Waals surface area contributed by atoms with Crippen LogP contribution in [0.5, 0.6) is 0 Å². The molecule has 1 N–H and O–H groups in total. The quantitative estimate of drug-likeness (QED) is 0.925. The summed E-state index contributed by atoms with van der Waals surface area (Å²) in [6.07, 6.45) is 4.76. The Balaban J connectivity index is 1.75. The fraction of sp³-hybridized carbons (Fsp3) is 0.375. The van der Waals surface area contributed by atoms with Gasteiger partial charge in [-0.2, -0.15) is 5.10 Å². The second-order valence-corrected chi connectivity index (χ2v) is 5.59. The van der Waals surface area contributed by atoms with Crippen molar-refractivity contribution < 1.29 is 4.79 Å². The Bertz CT molecular complexity index is 662. The maximum Gasteiger partial charge on any atom is 0.253 e. The topological polar surface area (TPSA) is 50.2 Å². The molecule has 2 heterocycles. The molecule has 0 unspecified atom stereocenters. The minimum absolute atomic E-state index is 0.0484. The molecule has 1 amide bonds. The third kappa shape index (κ3) is 2.97. The van der Waals surface area contributed by atoms with E-state index in [1.54, 1.807) is 15.8 Å². The van der Waals surface area contributed by atoms with Gasteiger partial charge in [-0.1, -0.05) is 6.07 Å². The van der Waals surface area contributed by atoms with Crippen molar-refractivity contribution in [3.05, 3.63) is 52.8 Å². The molecule has 0 saturated heterocycles. The summed E-state index contributed by atoms with van der Waals surface area (Å²) in [5, 5.41) is 7.47. The Kier molecular flexibility index (Phi) is 3.75. The molecule has 110 valence electrons.